The Labute approximate surface area is 122 Å². The number of carbonyl (C=O) groups is 1. The Kier molecular flexibility index (Phi) is 4.80. The summed E-state index contributed by atoms with van der Waals surface area (Å²) in [6, 6.07) is 8.22. The molecule has 1 heterocycles. The first kappa shape index (κ1) is 14.3. The van der Waals surface area contributed by atoms with Gasteiger partial charge in [-0.25, -0.2) is 0 Å². The molecule has 102 valence electrons. The zero-order chi connectivity index (χ0) is 13.8. The molecule has 1 aromatic heterocycles. The minimum absolute atomic E-state index is 0.00670. The number of amides is 1. The summed E-state index contributed by atoms with van der Waals surface area (Å²) in [6.45, 7) is 4.81. The standard InChI is InChI=1S/C14H17ClN2OS/c1-9(2)17-13(18)8-16-7-12-14(15)10-5-3-4-6-11(10)19-12/h3-6,9,16H,7-8H2,1-2H3,(H,17,18). The molecule has 0 fully saturated rings. The van der Waals surface area contributed by atoms with Gasteiger partial charge < -0.3 is 10.6 Å². The highest BCUT2D eigenvalue weighted by molar-refractivity contribution is 7.19. The van der Waals surface area contributed by atoms with Crippen LogP contribution in [0.25, 0.3) is 10.1 Å². The summed E-state index contributed by atoms with van der Waals surface area (Å²) in [5, 5.41) is 7.83. The summed E-state index contributed by atoms with van der Waals surface area (Å²) >= 11 is 7.99. The van der Waals surface area contributed by atoms with Gasteiger partial charge in [-0.2, -0.15) is 0 Å². The highest BCUT2D eigenvalue weighted by Crippen LogP contribution is 2.34. The molecule has 0 saturated carbocycles. The summed E-state index contributed by atoms with van der Waals surface area (Å²) in [5.74, 6) is 0.00670. The normalized spacial score (nSPS) is 11.2. The molecule has 0 spiro atoms. The molecule has 0 aliphatic rings. The molecule has 1 amide bonds. The number of halogens is 1. The van der Waals surface area contributed by atoms with E-state index in [1.807, 2.05) is 32.0 Å². The number of nitrogens with one attached hydrogen (secondary N) is 2. The van der Waals surface area contributed by atoms with Crippen LogP contribution in [0.2, 0.25) is 5.02 Å². The second kappa shape index (κ2) is 6.37. The van der Waals surface area contributed by atoms with Crippen molar-refractivity contribution in [2.75, 3.05) is 6.54 Å². The molecule has 5 heteroatoms. The van der Waals surface area contributed by atoms with Crippen LogP contribution in [0, 0.1) is 0 Å². The molecular formula is C14H17ClN2OS. The largest absolute Gasteiger partial charge is 0.353 e. The van der Waals surface area contributed by atoms with Crippen molar-refractivity contribution >= 4 is 38.9 Å². The molecule has 19 heavy (non-hydrogen) atoms. The zero-order valence-electron chi connectivity index (χ0n) is 11.0. The van der Waals surface area contributed by atoms with E-state index in [1.165, 1.54) is 4.70 Å². The van der Waals surface area contributed by atoms with Crippen molar-refractivity contribution in [3.63, 3.8) is 0 Å². The maximum absolute atomic E-state index is 11.5. The van der Waals surface area contributed by atoms with Gasteiger partial charge in [0.05, 0.1) is 11.6 Å². The van der Waals surface area contributed by atoms with Crippen molar-refractivity contribution in [2.24, 2.45) is 0 Å². The predicted molar refractivity (Wildman–Crippen MR) is 81.8 cm³/mol. The molecular weight excluding hydrogens is 280 g/mol. The van der Waals surface area contributed by atoms with Gasteiger partial charge in [-0.3, -0.25) is 4.79 Å². The van der Waals surface area contributed by atoms with Crippen LogP contribution in [0.3, 0.4) is 0 Å². The van der Waals surface area contributed by atoms with Crippen molar-refractivity contribution in [3.8, 4) is 0 Å². The van der Waals surface area contributed by atoms with Gasteiger partial charge in [0, 0.05) is 27.5 Å². The van der Waals surface area contributed by atoms with Gasteiger partial charge in [-0.05, 0) is 19.9 Å². The number of benzene rings is 1. The second-order valence-corrected chi connectivity index (χ2v) is 6.18. The van der Waals surface area contributed by atoms with Gasteiger partial charge in [0.2, 0.25) is 5.91 Å². The third-order valence-corrected chi connectivity index (χ3v) is 4.34. The quantitative estimate of drug-likeness (QED) is 0.890. The van der Waals surface area contributed by atoms with E-state index in [0.29, 0.717) is 13.1 Å². The maximum atomic E-state index is 11.5. The van der Waals surface area contributed by atoms with Gasteiger partial charge >= 0.3 is 0 Å². The van der Waals surface area contributed by atoms with Crippen LogP contribution in [0.15, 0.2) is 24.3 Å². The number of fused-ring (bicyclic) bond motifs is 1. The van der Waals surface area contributed by atoms with Crippen LogP contribution in [0.1, 0.15) is 18.7 Å². The third kappa shape index (κ3) is 3.69. The second-order valence-electron chi connectivity index (χ2n) is 4.66. The lowest BCUT2D eigenvalue weighted by Crippen LogP contribution is -2.37. The number of hydrogen-bond donors (Lipinski definition) is 2. The van der Waals surface area contributed by atoms with E-state index in [4.69, 9.17) is 11.6 Å². The third-order valence-electron chi connectivity index (χ3n) is 2.62. The van der Waals surface area contributed by atoms with Crippen LogP contribution in [0.5, 0.6) is 0 Å². The Morgan fingerprint density at radius 1 is 1.37 bits per heavy atom. The van der Waals surface area contributed by atoms with Crippen LogP contribution in [-0.2, 0) is 11.3 Å². The van der Waals surface area contributed by atoms with Crippen LogP contribution >= 0.6 is 22.9 Å². The molecule has 2 rings (SSSR count). The van der Waals surface area contributed by atoms with E-state index in [1.54, 1.807) is 11.3 Å². The Morgan fingerprint density at radius 3 is 2.79 bits per heavy atom. The fourth-order valence-corrected chi connectivity index (χ4v) is 3.31. The summed E-state index contributed by atoms with van der Waals surface area (Å²) < 4.78 is 1.18. The van der Waals surface area contributed by atoms with Crippen molar-refractivity contribution in [1.82, 2.24) is 10.6 Å². The van der Waals surface area contributed by atoms with Gasteiger partial charge in [0.1, 0.15) is 0 Å². The van der Waals surface area contributed by atoms with Gasteiger partial charge in [0.25, 0.3) is 0 Å². The number of rotatable bonds is 5. The highest BCUT2D eigenvalue weighted by atomic mass is 35.5. The smallest absolute Gasteiger partial charge is 0.234 e. The highest BCUT2D eigenvalue weighted by Gasteiger charge is 2.10. The number of hydrogen-bond acceptors (Lipinski definition) is 3. The van der Waals surface area contributed by atoms with Gasteiger partial charge in [-0.1, -0.05) is 29.8 Å². The van der Waals surface area contributed by atoms with Crippen molar-refractivity contribution in [3.05, 3.63) is 34.2 Å². The monoisotopic (exact) mass is 296 g/mol. The van der Waals surface area contributed by atoms with Crippen molar-refractivity contribution < 1.29 is 4.79 Å². The lowest BCUT2D eigenvalue weighted by Gasteiger charge is -2.08. The first-order valence-corrected chi connectivity index (χ1v) is 7.43. The molecule has 0 bridgehead atoms. The summed E-state index contributed by atoms with van der Waals surface area (Å²) in [5.41, 5.74) is 0. The maximum Gasteiger partial charge on any atom is 0.234 e. The fraction of sp³-hybridized carbons (Fsp3) is 0.357. The lowest BCUT2D eigenvalue weighted by molar-refractivity contribution is -0.120. The molecule has 0 unspecified atom stereocenters. The molecule has 2 aromatic rings. The molecule has 0 saturated heterocycles. The number of carbonyl (C=O) groups excluding carboxylic acids is 1. The molecule has 0 radical (unpaired) electrons. The Morgan fingerprint density at radius 2 is 2.11 bits per heavy atom. The minimum atomic E-state index is 0.00670. The van der Waals surface area contributed by atoms with E-state index >= 15 is 0 Å². The fourth-order valence-electron chi connectivity index (χ4n) is 1.84. The van der Waals surface area contributed by atoms with Gasteiger partial charge in [0.15, 0.2) is 0 Å². The van der Waals surface area contributed by atoms with E-state index in [-0.39, 0.29) is 11.9 Å². The molecule has 1 aromatic carbocycles. The van der Waals surface area contributed by atoms with Crippen LogP contribution < -0.4 is 10.6 Å². The zero-order valence-corrected chi connectivity index (χ0v) is 12.6. The summed E-state index contributed by atoms with van der Waals surface area (Å²) in [6.07, 6.45) is 0. The molecule has 3 nitrogen and oxygen atoms in total. The van der Waals surface area contributed by atoms with E-state index < -0.39 is 0 Å². The Bertz CT molecular complexity index is 580. The Hall–Kier alpha value is -1.10. The van der Waals surface area contributed by atoms with E-state index in [9.17, 15) is 4.79 Å². The molecule has 0 atom stereocenters. The van der Waals surface area contributed by atoms with Crippen LogP contribution in [-0.4, -0.2) is 18.5 Å². The van der Waals surface area contributed by atoms with Crippen LogP contribution in [0.4, 0.5) is 0 Å². The summed E-state index contributed by atoms with van der Waals surface area (Å²) in [4.78, 5) is 12.6. The first-order chi connectivity index (χ1) is 9.08. The average Bonchev–Trinajstić information content (AvgIpc) is 2.66. The topological polar surface area (TPSA) is 41.1 Å². The average molecular weight is 297 g/mol. The first-order valence-electron chi connectivity index (χ1n) is 6.24. The Balaban J connectivity index is 1.95. The van der Waals surface area contributed by atoms with Crippen molar-refractivity contribution in [1.29, 1.82) is 0 Å². The van der Waals surface area contributed by atoms with Crippen molar-refractivity contribution in [2.45, 2.75) is 26.4 Å². The lowest BCUT2D eigenvalue weighted by atomic mass is 10.2. The molecule has 2 N–H and O–H groups in total. The molecule has 0 aliphatic carbocycles. The predicted octanol–water partition coefficient (Wildman–Crippen LogP) is 3.17. The van der Waals surface area contributed by atoms with Gasteiger partial charge in [-0.15, -0.1) is 11.3 Å². The van der Waals surface area contributed by atoms with E-state index in [2.05, 4.69) is 16.7 Å². The SMILES string of the molecule is CC(C)NC(=O)CNCc1sc2ccccc2c1Cl. The number of thiophene rings is 1. The summed E-state index contributed by atoms with van der Waals surface area (Å²) in [7, 11) is 0. The minimum Gasteiger partial charge on any atom is -0.353 e. The van der Waals surface area contributed by atoms with E-state index in [0.717, 1.165) is 15.3 Å². The molecule has 0 aliphatic heterocycles.